The molecule has 6 nitrogen and oxygen atoms in total. The maximum Gasteiger partial charge on any atom is 0.238 e. The van der Waals surface area contributed by atoms with E-state index in [1.807, 2.05) is 24.1 Å². The number of nitrogens with zero attached hydrogens (tertiary/aromatic N) is 1. The SMILES string of the molecule is COc1ccc(NC(=O)CN(C)Cc2ccc(Br)o2)cc1OC. The second-order valence-corrected chi connectivity index (χ2v) is 5.78. The Morgan fingerprint density at radius 2 is 1.96 bits per heavy atom. The van der Waals surface area contributed by atoms with E-state index in [0.29, 0.717) is 28.4 Å². The molecule has 1 amide bonds. The first-order valence-electron chi connectivity index (χ1n) is 6.96. The molecule has 0 saturated carbocycles. The maximum atomic E-state index is 12.1. The predicted molar refractivity (Wildman–Crippen MR) is 90.9 cm³/mol. The second-order valence-electron chi connectivity index (χ2n) is 5.00. The number of ether oxygens (including phenoxy) is 2. The standard InChI is InChI=1S/C16H19BrN2O4/c1-19(9-12-5-7-15(17)23-12)10-16(20)18-11-4-6-13(21-2)14(8-11)22-3/h4-8H,9-10H2,1-3H3,(H,18,20). The first-order chi connectivity index (χ1) is 11.0. The number of halogens is 1. The van der Waals surface area contributed by atoms with Gasteiger partial charge < -0.3 is 19.2 Å². The van der Waals surface area contributed by atoms with E-state index in [-0.39, 0.29) is 12.5 Å². The van der Waals surface area contributed by atoms with Crippen molar-refractivity contribution in [2.45, 2.75) is 6.54 Å². The van der Waals surface area contributed by atoms with Crippen LogP contribution in [0.1, 0.15) is 5.76 Å². The van der Waals surface area contributed by atoms with Gasteiger partial charge in [0.1, 0.15) is 5.76 Å². The number of hydrogen-bond donors (Lipinski definition) is 1. The van der Waals surface area contributed by atoms with Gasteiger partial charge in [-0.2, -0.15) is 0 Å². The van der Waals surface area contributed by atoms with E-state index in [0.717, 1.165) is 5.76 Å². The average Bonchev–Trinajstić information content (AvgIpc) is 2.91. The number of carbonyl (C=O) groups is 1. The van der Waals surface area contributed by atoms with E-state index >= 15 is 0 Å². The molecule has 1 heterocycles. The van der Waals surface area contributed by atoms with Gasteiger partial charge in [0.25, 0.3) is 0 Å². The molecule has 23 heavy (non-hydrogen) atoms. The van der Waals surface area contributed by atoms with Crippen molar-refractivity contribution in [2.24, 2.45) is 0 Å². The first kappa shape index (κ1) is 17.4. The summed E-state index contributed by atoms with van der Waals surface area (Å²) in [6, 6.07) is 8.93. The number of anilines is 1. The molecule has 0 spiro atoms. The van der Waals surface area contributed by atoms with Gasteiger partial charge in [-0.1, -0.05) is 0 Å². The van der Waals surface area contributed by atoms with Crippen LogP contribution in [0, 0.1) is 0 Å². The molecule has 0 bridgehead atoms. The van der Waals surface area contributed by atoms with Crippen molar-refractivity contribution in [2.75, 3.05) is 33.1 Å². The summed E-state index contributed by atoms with van der Waals surface area (Å²) < 4.78 is 16.5. The third-order valence-corrected chi connectivity index (χ3v) is 3.56. The molecule has 0 radical (unpaired) electrons. The zero-order chi connectivity index (χ0) is 16.8. The van der Waals surface area contributed by atoms with Gasteiger partial charge in [-0.25, -0.2) is 0 Å². The number of likely N-dealkylation sites (N-methyl/N-ethyl adjacent to an activating group) is 1. The van der Waals surface area contributed by atoms with Crippen molar-refractivity contribution < 1.29 is 18.7 Å². The highest BCUT2D eigenvalue weighted by atomic mass is 79.9. The Labute approximate surface area is 143 Å². The van der Waals surface area contributed by atoms with Gasteiger partial charge in [0.15, 0.2) is 16.2 Å². The zero-order valence-corrected chi connectivity index (χ0v) is 14.8. The van der Waals surface area contributed by atoms with Crippen LogP contribution in [0.3, 0.4) is 0 Å². The molecule has 0 aliphatic heterocycles. The predicted octanol–water partition coefficient (Wildman–Crippen LogP) is 3.13. The molecule has 0 saturated heterocycles. The first-order valence-corrected chi connectivity index (χ1v) is 7.75. The summed E-state index contributed by atoms with van der Waals surface area (Å²) in [6.45, 7) is 0.789. The van der Waals surface area contributed by atoms with Crippen LogP contribution in [-0.4, -0.2) is 38.6 Å². The summed E-state index contributed by atoms with van der Waals surface area (Å²) in [6.07, 6.45) is 0. The van der Waals surface area contributed by atoms with Gasteiger partial charge in [0.05, 0.1) is 27.3 Å². The van der Waals surface area contributed by atoms with Crippen LogP contribution in [0.25, 0.3) is 0 Å². The minimum absolute atomic E-state index is 0.120. The smallest absolute Gasteiger partial charge is 0.238 e. The van der Waals surface area contributed by atoms with Gasteiger partial charge in [-0.3, -0.25) is 9.69 Å². The van der Waals surface area contributed by atoms with Crippen LogP contribution in [0.5, 0.6) is 11.5 Å². The van der Waals surface area contributed by atoms with E-state index in [1.54, 1.807) is 32.4 Å². The van der Waals surface area contributed by atoms with Crippen molar-refractivity contribution in [1.29, 1.82) is 0 Å². The number of methoxy groups -OCH3 is 2. The molecule has 0 aliphatic rings. The number of benzene rings is 1. The van der Waals surface area contributed by atoms with E-state index in [1.165, 1.54) is 0 Å². The number of carbonyl (C=O) groups excluding carboxylic acids is 1. The fourth-order valence-corrected chi connectivity index (χ4v) is 2.46. The van der Waals surface area contributed by atoms with E-state index < -0.39 is 0 Å². The molecule has 1 aromatic carbocycles. The molecule has 0 aliphatic carbocycles. The molecule has 1 aromatic heterocycles. The lowest BCUT2D eigenvalue weighted by Gasteiger charge is -2.15. The normalized spacial score (nSPS) is 10.7. The van der Waals surface area contributed by atoms with Crippen molar-refractivity contribution in [3.05, 3.63) is 40.8 Å². The molecular formula is C16H19BrN2O4. The van der Waals surface area contributed by atoms with Gasteiger partial charge in [-0.05, 0) is 47.2 Å². The highest BCUT2D eigenvalue weighted by molar-refractivity contribution is 9.10. The summed E-state index contributed by atoms with van der Waals surface area (Å²) in [4.78, 5) is 14.0. The Bertz CT molecular complexity index is 672. The fraction of sp³-hybridized carbons (Fsp3) is 0.312. The van der Waals surface area contributed by atoms with Gasteiger partial charge in [0.2, 0.25) is 5.91 Å². The van der Waals surface area contributed by atoms with Crippen LogP contribution < -0.4 is 14.8 Å². The van der Waals surface area contributed by atoms with E-state index in [9.17, 15) is 4.79 Å². The third kappa shape index (κ3) is 5.01. The van der Waals surface area contributed by atoms with Crippen LogP contribution in [-0.2, 0) is 11.3 Å². The highest BCUT2D eigenvalue weighted by Gasteiger charge is 2.11. The Balaban J connectivity index is 1.91. The second kappa shape index (κ2) is 8.03. The van der Waals surface area contributed by atoms with Crippen LogP contribution >= 0.6 is 15.9 Å². The molecule has 2 aromatic rings. The van der Waals surface area contributed by atoms with Crippen molar-refractivity contribution in [3.63, 3.8) is 0 Å². The molecule has 0 fully saturated rings. The monoisotopic (exact) mass is 382 g/mol. The molecule has 1 N–H and O–H groups in total. The number of hydrogen-bond acceptors (Lipinski definition) is 5. The van der Waals surface area contributed by atoms with Crippen molar-refractivity contribution in [1.82, 2.24) is 4.90 Å². The van der Waals surface area contributed by atoms with E-state index in [4.69, 9.17) is 13.9 Å². The minimum atomic E-state index is -0.120. The minimum Gasteiger partial charge on any atom is -0.493 e. The summed E-state index contributed by atoms with van der Waals surface area (Å²) in [7, 11) is 4.97. The lowest BCUT2D eigenvalue weighted by atomic mass is 10.2. The molecular weight excluding hydrogens is 364 g/mol. The summed E-state index contributed by atoms with van der Waals surface area (Å²) in [5.74, 6) is 1.86. The Hall–Kier alpha value is -1.99. The maximum absolute atomic E-state index is 12.1. The quantitative estimate of drug-likeness (QED) is 0.796. The summed E-state index contributed by atoms with van der Waals surface area (Å²) >= 11 is 3.26. The van der Waals surface area contributed by atoms with Crippen molar-refractivity contribution in [3.8, 4) is 11.5 Å². The fourth-order valence-electron chi connectivity index (χ4n) is 2.12. The molecule has 0 unspecified atom stereocenters. The lowest BCUT2D eigenvalue weighted by Crippen LogP contribution is -2.29. The number of furan rings is 1. The summed E-state index contributed by atoms with van der Waals surface area (Å²) in [5, 5.41) is 2.83. The number of rotatable bonds is 7. The third-order valence-electron chi connectivity index (χ3n) is 3.14. The number of amides is 1. The van der Waals surface area contributed by atoms with Gasteiger partial charge in [0, 0.05) is 11.8 Å². The Morgan fingerprint density at radius 1 is 1.22 bits per heavy atom. The van der Waals surface area contributed by atoms with E-state index in [2.05, 4.69) is 21.2 Å². The van der Waals surface area contributed by atoms with Crippen LogP contribution in [0.4, 0.5) is 5.69 Å². The molecule has 7 heteroatoms. The zero-order valence-electron chi connectivity index (χ0n) is 13.3. The van der Waals surface area contributed by atoms with Crippen LogP contribution in [0.15, 0.2) is 39.4 Å². The van der Waals surface area contributed by atoms with Gasteiger partial charge >= 0.3 is 0 Å². The molecule has 124 valence electrons. The molecule has 2 rings (SSSR count). The average molecular weight is 383 g/mol. The largest absolute Gasteiger partial charge is 0.493 e. The molecule has 0 atom stereocenters. The summed E-state index contributed by atoms with van der Waals surface area (Å²) in [5.41, 5.74) is 0.654. The Morgan fingerprint density at radius 3 is 2.57 bits per heavy atom. The lowest BCUT2D eigenvalue weighted by molar-refractivity contribution is -0.117. The van der Waals surface area contributed by atoms with Crippen molar-refractivity contribution >= 4 is 27.5 Å². The Kier molecular flexibility index (Phi) is 6.06. The highest BCUT2D eigenvalue weighted by Crippen LogP contribution is 2.29. The van der Waals surface area contributed by atoms with Crippen LogP contribution in [0.2, 0.25) is 0 Å². The number of nitrogens with one attached hydrogen (secondary N) is 1. The van der Waals surface area contributed by atoms with Gasteiger partial charge in [-0.15, -0.1) is 0 Å². The topological polar surface area (TPSA) is 63.9 Å².